The summed E-state index contributed by atoms with van der Waals surface area (Å²) in [5.74, 6) is 6.35. The molecule has 4 heterocycles. The molecule has 1 saturated carbocycles. The molecule has 38 heavy (non-hydrogen) atoms. The van der Waals surface area contributed by atoms with Crippen molar-refractivity contribution in [1.29, 1.82) is 0 Å². The van der Waals surface area contributed by atoms with Gasteiger partial charge in [-0.25, -0.2) is 4.98 Å². The Labute approximate surface area is 222 Å². The van der Waals surface area contributed by atoms with Crippen LogP contribution in [0.3, 0.4) is 0 Å². The van der Waals surface area contributed by atoms with Crippen molar-refractivity contribution >= 4 is 22.8 Å². The number of nitrogens with zero attached hydrogens (tertiary/aromatic N) is 4. The second kappa shape index (κ2) is 8.03. The summed E-state index contributed by atoms with van der Waals surface area (Å²) < 4.78 is 57.9. The maximum atomic E-state index is 13.6. The number of benzene rings is 2. The van der Waals surface area contributed by atoms with Crippen molar-refractivity contribution in [3.05, 3.63) is 58.9 Å². The molecular weight excluding hydrogens is 490 g/mol. The van der Waals surface area contributed by atoms with E-state index >= 15 is 0 Å². The average molecular weight is 520 g/mol. The number of imidazole rings is 1. The van der Waals surface area contributed by atoms with Gasteiger partial charge in [0.2, 0.25) is 5.91 Å². The highest BCUT2D eigenvalue weighted by Crippen LogP contribution is 2.50. The number of carbonyl (C=O) groups excluding carboxylic acids is 2. The van der Waals surface area contributed by atoms with E-state index in [0.29, 0.717) is 35.5 Å². The van der Waals surface area contributed by atoms with Gasteiger partial charge in [-0.3, -0.25) is 9.59 Å². The lowest BCUT2D eigenvalue weighted by Crippen LogP contribution is -2.56. The summed E-state index contributed by atoms with van der Waals surface area (Å²) in [6, 6.07) is 8.13. The van der Waals surface area contributed by atoms with Gasteiger partial charge in [-0.2, -0.15) is 8.78 Å². The van der Waals surface area contributed by atoms with Crippen molar-refractivity contribution in [3.63, 3.8) is 0 Å². The SMILES string of the molecule is [2H]C([2H])([2H])N1C(=O)c2cccc(OC(F)F)c2[C@H]2C[C@@H]1c1nc3ccc(C#CC4(C)CN(C(=O)C5CC5)C4)cc3n12. The Morgan fingerprint density at radius 2 is 2.05 bits per heavy atom. The molecule has 1 saturated heterocycles. The van der Waals surface area contributed by atoms with Crippen molar-refractivity contribution in [2.75, 3.05) is 20.1 Å². The predicted octanol–water partition coefficient (Wildman–Crippen LogP) is 4.37. The molecule has 7 nitrogen and oxygen atoms in total. The normalized spacial score (nSPS) is 24.4. The standard InChI is InChI=1S/C29H26F2N4O3/c1-29(14-34(15-29)26(36)17-7-8-17)11-10-16-6-9-19-20(12-16)35-21-13-22(25(35)32-19)33(2)27(37)18-4-3-5-23(24(18)21)38-28(30)31/h3-6,9,12,17,21-22,28H,7-8,13-15H2,1-2H3/t21-,22-/m1/s1/i2D3. The van der Waals surface area contributed by atoms with Gasteiger partial charge in [0.1, 0.15) is 11.6 Å². The Balaban J connectivity index is 1.31. The Bertz CT molecular complexity index is 1680. The summed E-state index contributed by atoms with van der Waals surface area (Å²) in [4.78, 5) is 33.3. The summed E-state index contributed by atoms with van der Waals surface area (Å²) in [7, 11) is 0. The third kappa shape index (κ3) is 3.50. The van der Waals surface area contributed by atoms with Gasteiger partial charge in [-0.05, 0) is 50.1 Å². The molecule has 2 bridgehead atoms. The largest absolute Gasteiger partial charge is 0.434 e. The van der Waals surface area contributed by atoms with E-state index in [9.17, 15) is 18.4 Å². The van der Waals surface area contributed by atoms with Crippen LogP contribution in [-0.4, -0.2) is 57.8 Å². The minimum atomic E-state index is -3.12. The summed E-state index contributed by atoms with van der Waals surface area (Å²) in [6.45, 7) is -2.71. The van der Waals surface area contributed by atoms with Crippen LogP contribution in [0.1, 0.15) is 69.7 Å². The first-order valence-electron chi connectivity index (χ1n) is 14.2. The van der Waals surface area contributed by atoms with Gasteiger partial charge in [0.05, 0.1) is 28.5 Å². The van der Waals surface area contributed by atoms with Gasteiger partial charge >= 0.3 is 6.61 Å². The predicted molar refractivity (Wildman–Crippen MR) is 135 cm³/mol. The molecule has 9 heteroatoms. The van der Waals surface area contributed by atoms with Crippen molar-refractivity contribution in [2.45, 2.75) is 44.9 Å². The minimum absolute atomic E-state index is 0.0124. The fraction of sp³-hybridized carbons (Fsp3) is 0.414. The van der Waals surface area contributed by atoms with E-state index in [-0.39, 0.29) is 40.5 Å². The summed E-state index contributed by atoms with van der Waals surface area (Å²) in [6.07, 6.45) is 2.08. The molecule has 2 fully saturated rings. The highest BCUT2D eigenvalue weighted by Gasteiger charge is 2.46. The summed E-state index contributed by atoms with van der Waals surface area (Å²) >= 11 is 0. The molecule has 4 aliphatic rings. The molecule has 3 aliphatic heterocycles. The lowest BCUT2D eigenvalue weighted by molar-refractivity contribution is -0.141. The number of likely N-dealkylation sites (tertiary alicyclic amines) is 1. The molecule has 0 unspecified atom stereocenters. The molecule has 2 aromatic carbocycles. The first kappa shape index (κ1) is 20.1. The van der Waals surface area contributed by atoms with Crippen molar-refractivity contribution in [3.8, 4) is 17.6 Å². The molecule has 3 aromatic rings. The second-order valence-corrected chi connectivity index (χ2v) is 10.9. The van der Waals surface area contributed by atoms with Gasteiger partial charge < -0.3 is 19.1 Å². The minimum Gasteiger partial charge on any atom is -0.434 e. The maximum Gasteiger partial charge on any atom is 0.387 e. The topological polar surface area (TPSA) is 67.7 Å². The van der Waals surface area contributed by atoms with Gasteiger partial charge in [0, 0.05) is 53.2 Å². The van der Waals surface area contributed by atoms with E-state index in [2.05, 4.69) is 11.8 Å². The van der Waals surface area contributed by atoms with Gasteiger partial charge in [0.15, 0.2) is 0 Å². The lowest BCUT2D eigenvalue weighted by atomic mass is 9.82. The van der Waals surface area contributed by atoms with Crippen LogP contribution in [0.2, 0.25) is 0 Å². The highest BCUT2D eigenvalue weighted by molar-refractivity contribution is 5.98. The summed E-state index contributed by atoms with van der Waals surface area (Å²) in [5.41, 5.74) is 1.85. The molecule has 0 spiro atoms. The smallest absolute Gasteiger partial charge is 0.387 e. The summed E-state index contributed by atoms with van der Waals surface area (Å²) in [5, 5.41) is 0. The van der Waals surface area contributed by atoms with E-state index in [1.54, 1.807) is 6.07 Å². The lowest BCUT2D eigenvalue weighted by Gasteiger charge is -2.45. The number of alkyl halides is 2. The molecule has 0 radical (unpaired) electrons. The van der Waals surface area contributed by atoms with E-state index in [0.717, 1.165) is 17.7 Å². The fourth-order valence-electron chi connectivity index (χ4n) is 6.03. The van der Waals surface area contributed by atoms with Crippen LogP contribution in [0.15, 0.2) is 36.4 Å². The molecule has 194 valence electrons. The van der Waals surface area contributed by atoms with Gasteiger partial charge in [-0.15, -0.1) is 0 Å². The van der Waals surface area contributed by atoms with Gasteiger partial charge in [0.25, 0.3) is 5.91 Å². The Kier molecular flexibility index (Phi) is 4.25. The van der Waals surface area contributed by atoms with Crippen LogP contribution in [0.25, 0.3) is 11.0 Å². The Morgan fingerprint density at radius 1 is 1.24 bits per heavy atom. The zero-order valence-corrected chi connectivity index (χ0v) is 20.6. The monoisotopic (exact) mass is 519 g/mol. The van der Waals surface area contributed by atoms with E-state index < -0.39 is 31.6 Å². The fourth-order valence-corrected chi connectivity index (χ4v) is 6.03. The van der Waals surface area contributed by atoms with Crippen LogP contribution in [0, 0.1) is 23.2 Å². The first-order chi connectivity index (χ1) is 19.4. The van der Waals surface area contributed by atoms with Crippen molar-refractivity contribution < 1.29 is 27.2 Å². The van der Waals surface area contributed by atoms with Crippen molar-refractivity contribution in [2.24, 2.45) is 11.3 Å². The number of fused-ring (bicyclic) bond motifs is 9. The Morgan fingerprint density at radius 3 is 2.79 bits per heavy atom. The third-order valence-corrected chi connectivity index (χ3v) is 7.98. The van der Waals surface area contributed by atoms with E-state index in [1.165, 1.54) is 18.2 Å². The van der Waals surface area contributed by atoms with E-state index in [1.807, 2.05) is 28.5 Å². The quantitative estimate of drug-likeness (QED) is 0.482. The second-order valence-electron chi connectivity index (χ2n) is 10.9. The number of carbonyl (C=O) groups is 2. The third-order valence-electron chi connectivity index (χ3n) is 7.98. The first-order valence-corrected chi connectivity index (χ1v) is 12.7. The van der Waals surface area contributed by atoms with E-state index in [4.69, 9.17) is 13.8 Å². The highest BCUT2D eigenvalue weighted by atomic mass is 19.3. The molecule has 1 aromatic heterocycles. The zero-order valence-electron chi connectivity index (χ0n) is 23.6. The van der Waals surface area contributed by atoms with Crippen LogP contribution in [0.5, 0.6) is 5.75 Å². The molecule has 1 aliphatic carbocycles. The molecular formula is C29H26F2N4O3. The van der Waals surface area contributed by atoms with Crippen LogP contribution in [0.4, 0.5) is 8.78 Å². The number of aromatic nitrogens is 2. The molecule has 2 amide bonds. The van der Waals surface area contributed by atoms with Crippen LogP contribution >= 0.6 is 0 Å². The molecule has 2 atom stereocenters. The molecule has 0 N–H and O–H groups in total. The molecule has 7 rings (SSSR count). The number of ether oxygens (including phenoxy) is 1. The Hall–Kier alpha value is -3.93. The number of halogens is 2. The van der Waals surface area contributed by atoms with Crippen LogP contribution in [-0.2, 0) is 4.79 Å². The van der Waals surface area contributed by atoms with Gasteiger partial charge in [-0.1, -0.05) is 17.9 Å². The number of hydrogen-bond donors (Lipinski definition) is 0. The van der Waals surface area contributed by atoms with Crippen LogP contribution < -0.4 is 4.74 Å². The maximum absolute atomic E-state index is 13.6. The number of hydrogen-bond acceptors (Lipinski definition) is 4. The number of rotatable bonds is 3. The average Bonchev–Trinajstić information content (AvgIpc) is 3.61. The zero-order chi connectivity index (χ0) is 28.8. The number of amides is 2. The van der Waals surface area contributed by atoms with Crippen molar-refractivity contribution in [1.82, 2.24) is 19.4 Å².